The maximum absolute atomic E-state index is 12.4. The molecule has 1 aliphatic rings. The quantitative estimate of drug-likeness (QED) is 0.678. The first-order chi connectivity index (χ1) is 10.1. The van der Waals surface area contributed by atoms with Gasteiger partial charge in [0.2, 0.25) is 5.91 Å². The second kappa shape index (κ2) is 9.45. The number of nitrogens with two attached hydrogens (primary N) is 1. The minimum Gasteiger partial charge on any atom is -0.355 e. The van der Waals surface area contributed by atoms with Crippen LogP contribution in [0.15, 0.2) is 0 Å². The van der Waals surface area contributed by atoms with E-state index in [4.69, 9.17) is 5.73 Å². The Morgan fingerprint density at radius 3 is 2.24 bits per heavy atom. The van der Waals surface area contributed by atoms with Gasteiger partial charge in [-0.2, -0.15) is 0 Å². The topological polar surface area (TPSA) is 55.1 Å². The molecule has 1 aliphatic carbocycles. The monoisotopic (exact) mass is 296 g/mol. The fourth-order valence-corrected chi connectivity index (χ4v) is 3.49. The van der Waals surface area contributed by atoms with Crippen LogP contribution >= 0.6 is 0 Å². The van der Waals surface area contributed by atoms with Gasteiger partial charge in [0, 0.05) is 12.5 Å². The molecule has 0 bridgehead atoms. The third kappa shape index (κ3) is 5.61. The van der Waals surface area contributed by atoms with Crippen molar-refractivity contribution in [1.29, 1.82) is 0 Å². The van der Waals surface area contributed by atoms with Gasteiger partial charge in [0.05, 0.1) is 0 Å². The summed E-state index contributed by atoms with van der Waals surface area (Å²) in [7, 11) is 0. The Hall–Kier alpha value is -0.570. The second-order valence-corrected chi connectivity index (χ2v) is 6.99. The number of hydrogen-bond acceptors (Lipinski definition) is 2. The molecular weight excluding hydrogens is 260 g/mol. The molecule has 1 rings (SSSR count). The van der Waals surface area contributed by atoms with Gasteiger partial charge in [-0.25, -0.2) is 0 Å². The van der Waals surface area contributed by atoms with Crippen molar-refractivity contribution in [2.75, 3.05) is 13.1 Å². The van der Waals surface area contributed by atoms with Crippen LogP contribution in [-0.4, -0.2) is 19.0 Å². The van der Waals surface area contributed by atoms with Crippen molar-refractivity contribution >= 4 is 5.91 Å². The molecular formula is C18H36N2O. The summed E-state index contributed by atoms with van der Waals surface area (Å²) in [5.74, 6) is 1.37. The molecule has 0 unspecified atom stereocenters. The van der Waals surface area contributed by atoms with Crippen LogP contribution in [0.4, 0.5) is 0 Å². The van der Waals surface area contributed by atoms with Crippen molar-refractivity contribution in [1.82, 2.24) is 5.32 Å². The standard InChI is InChI=1S/C18H36N2O/c1-4-7-8-15-9-11-16(12-10-15)17(21)20-14-18(5-2,6-3)13-19/h15-16H,4-14,19H2,1-3H3,(H,20,21). The van der Waals surface area contributed by atoms with Crippen LogP contribution in [0.25, 0.3) is 0 Å². The summed E-state index contributed by atoms with van der Waals surface area (Å²) in [6.45, 7) is 7.99. The summed E-state index contributed by atoms with van der Waals surface area (Å²) in [6, 6.07) is 0. The van der Waals surface area contributed by atoms with Crippen molar-refractivity contribution in [2.45, 2.75) is 78.6 Å². The molecule has 1 amide bonds. The number of amides is 1. The Balaban J connectivity index is 2.34. The fraction of sp³-hybridized carbons (Fsp3) is 0.944. The zero-order chi connectivity index (χ0) is 15.7. The van der Waals surface area contributed by atoms with Crippen molar-refractivity contribution in [3.63, 3.8) is 0 Å². The number of unbranched alkanes of at least 4 members (excludes halogenated alkanes) is 1. The van der Waals surface area contributed by atoms with Crippen LogP contribution in [0.5, 0.6) is 0 Å². The average molecular weight is 296 g/mol. The summed E-state index contributed by atoms with van der Waals surface area (Å²) in [6.07, 6.45) is 10.7. The molecule has 0 aromatic heterocycles. The van der Waals surface area contributed by atoms with Crippen molar-refractivity contribution in [3.8, 4) is 0 Å². The highest BCUT2D eigenvalue weighted by atomic mass is 16.1. The van der Waals surface area contributed by atoms with E-state index in [1.807, 2.05) is 0 Å². The number of nitrogens with one attached hydrogen (secondary N) is 1. The number of carbonyl (C=O) groups is 1. The lowest BCUT2D eigenvalue weighted by molar-refractivity contribution is -0.126. The molecule has 0 aromatic carbocycles. The molecule has 0 aromatic rings. The van der Waals surface area contributed by atoms with E-state index in [0.717, 1.165) is 38.1 Å². The van der Waals surface area contributed by atoms with Gasteiger partial charge in [-0.05, 0) is 56.4 Å². The Morgan fingerprint density at radius 2 is 1.76 bits per heavy atom. The summed E-state index contributed by atoms with van der Waals surface area (Å²) < 4.78 is 0. The molecule has 0 spiro atoms. The number of carbonyl (C=O) groups excluding carboxylic acids is 1. The zero-order valence-electron chi connectivity index (χ0n) is 14.4. The van der Waals surface area contributed by atoms with Gasteiger partial charge >= 0.3 is 0 Å². The molecule has 1 saturated carbocycles. The van der Waals surface area contributed by atoms with Crippen LogP contribution in [-0.2, 0) is 4.79 Å². The average Bonchev–Trinajstić information content (AvgIpc) is 2.55. The van der Waals surface area contributed by atoms with Gasteiger partial charge in [-0.3, -0.25) is 4.79 Å². The molecule has 3 N–H and O–H groups in total. The minimum atomic E-state index is 0.0913. The lowest BCUT2D eigenvalue weighted by atomic mass is 9.79. The van der Waals surface area contributed by atoms with E-state index in [1.54, 1.807) is 0 Å². The summed E-state index contributed by atoms with van der Waals surface area (Å²) in [5.41, 5.74) is 6.00. The molecule has 0 saturated heterocycles. The molecule has 124 valence electrons. The number of hydrogen-bond donors (Lipinski definition) is 2. The molecule has 3 heteroatoms. The Kier molecular flexibility index (Phi) is 8.31. The lowest BCUT2D eigenvalue weighted by Gasteiger charge is -2.32. The van der Waals surface area contributed by atoms with Gasteiger partial charge in [-0.1, -0.05) is 40.0 Å². The Bertz CT molecular complexity index is 283. The normalized spacial score (nSPS) is 23.0. The van der Waals surface area contributed by atoms with E-state index in [1.165, 1.54) is 32.1 Å². The summed E-state index contributed by atoms with van der Waals surface area (Å²) >= 11 is 0. The van der Waals surface area contributed by atoms with Gasteiger partial charge in [-0.15, -0.1) is 0 Å². The first kappa shape index (κ1) is 18.5. The predicted octanol–water partition coefficient (Wildman–Crippen LogP) is 3.86. The zero-order valence-corrected chi connectivity index (χ0v) is 14.4. The largest absolute Gasteiger partial charge is 0.355 e. The van der Waals surface area contributed by atoms with Crippen LogP contribution in [0, 0.1) is 17.3 Å². The van der Waals surface area contributed by atoms with E-state index in [-0.39, 0.29) is 17.2 Å². The molecule has 0 heterocycles. The summed E-state index contributed by atoms with van der Waals surface area (Å²) in [4.78, 5) is 12.4. The van der Waals surface area contributed by atoms with Crippen molar-refractivity contribution in [2.24, 2.45) is 23.0 Å². The molecule has 1 fully saturated rings. The highest BCUT2D eigenvalue weighted by Crippen LogP contribution is 2.32. The van der Waals surface area contributed by atoms with Gasteiger partial charge < -0.3 is 11.1 Å². The maximum Gasteiger partial charge on any atom is 0.223 e. The highest BCUT2D eigenvalue weighted by molar-refractivity contribution is 5.78. The fourth-order valence-electron chi connectivity index (χ4n) is 3.49. The van der Waals surface area contributed by atoms with Crippen LogP contribution < -0.4 is 11.1 Å². The van der Waals surface area contributed by atoms with Crippen LogP contribution in [0.2, 0.25) is 0 Å². The first-order valence-corrected chi connectivity index (χ1v) is 9.08. The minimum absolute atomic E-state index is 0.0913. The highest BCUT2D eigenvalue weighted by Gasteiger charge is 2.29. The van der Waals surface area contributed by atoms with E-state index in [9.17, 15) is 4.79 Å². The second-order valence-electron chi connectivity index (χ2n) is 6.99. The molecule has 21 heavy (non-hydrogen) atoms. The molecule has 0 aliphatic heterocycles. The van der Waals surface area contributed by atoms with Crippen molar-refractivity contribution in [3.05, 3.63) is 0 Å². The summed E-state index contributed by atoms with van der Waals surface area (Å²) in [5, 5.41) is 3.19. The Labute approximate surface area is 131 Å². The third-order valence-electron chi connectivity index (χ3n) is 5.75. The van der Waals surface area contributed by atoms with Gasteiger partial charge in [0.25, 0.3) is 0 Å². The lowest BCUT2D eigenvalue weighted by Crippen LogP contribution is -2.44. The van der Waals surface area contributed by atoms with Crippen molar-refractivity contribution < 1.29 is 4.79 Å². The molecule has 3 nitrogen and oxygen atoms in total. The van der Waals surface area contributed by atoms with Gasteiger partial charge in [0.1, 0.15) is 0 Å². The van der Waals surface area contributed by atoms with E-state index in [0.29, 0.717) is 6.54 Å². The number of rotatable bonds is 9. The van der Waals surface area contributed by atoms with E-state index in [2.05, 4.69) is 26.1 Å². The van der Waals surface area contributed by atoms with Gasteiger partial charge in [0.15, 0.2) is 0 Å². The predicted molar refractivity (Wildman–Crippen MR) is 90.1 cm³/mol. The van der Waals surface area contributed by atoms with E-state index < -0.39 is 0 Å². The molecule has 0 radical (unpaired) electrons. The SMILES string of the molecule is CCCCC1CCC(C(=O)NCC(CC)(CC)CN)CC1. The van der Waals surface area contributed by atoms with Crippen LogP contribution in [0.1, 0.15) is 78.6 Å². The van der Waals surface area contributed by atoms with Crippen LogP contribution in [0.3, 0.4) is 0 Å². The maximum atomic E-state index is 12.4. The van der Waals surface area contributed by atoms with E-state index >= 15 is 0 Å². The first-order valence-electron chi connectivity index (χ1n) is 9.08. The Morgan fingerprint density at radius 1 is 1.14 bits per heavy atom. The third-order valence-corrected chi connectivity index (χ3v) is 5.75. The smallest absolute Gasteiger partial charge is 0.223 e. The molecule has 0 atom stereocenters.